The lowest BCUT2D eigenvalue weighted by Crippen LogP contribution is -2.35. The van der Waals surface area contributed by atoms with E-state index in [4.69, 9.17) is 10.5 Å². The Bertz CT molecular complexity index is 568. The number of ether oxygens (including phenoxy) is 1. The second-order valence-corrected chi connectivity index (χ2v) is 5.31. The van der Waals surface area contributed by atoms with Gasteiger partial charge in [-0.2, -0.15) is 0 Å². The van der Waals surface area contributed by atoms with E-state index in [1.807, 2.05) is 24.8 Å². The van der Waals surface area contributed by atoms with Crippen molar-refractivity contribution in [2.75, 3.05) is 18.1 Å². The molecule has 2 rings (SSSR count). The van der Waals surface area contributed by atoms with E-state index in [9.17, 15) is 9.59 Å². The van der Waals surface area contributed by atoms with Gasteiger partial charge in [0.2, 0.25) is 0 Å². The average molecular weight is 291 g/mol. The van der Waals surface area contributed by atoms with Crippen molar-refractivity contribution in [1.82, 2.24) is 4.98 Å². The maximum Gasteiger partial charge on any atom is 0.325 e. The summed E-state index contributed by atoms with van der Waals surface area (Å²) in [7, 11) is 0. The van der Waals surface area contributed by atoms with E-state index < -0.39 is 5.91 Å². The Kier molecular flexibility index (Phi) is 4.45. The molecule has 0 bridgehead atoms. The van der Waals surface area contributed by atoms with Gasteiger partial charge in [0, 0.05) is 11.7 Å². The van der Waals surface area contributed by atoms with E-state index in [2.05, 4.69) is 4.98 Å². The first-order valence-electron chi connectivity index (χ1n) is 7.14. The Morgan fingerprint density at radius 3 is 2.62 bits per heavy atom. The van der Waals surface area contributed by atoms with Gasteiger partial charge < -0.3 is 15.4 Å². The molecule has 1 aliphatic carbocycles. The third kappa shape index (κ3) is 3.51. The number of esters is 1. The van der Waals surface area contributed by atoms with Gasteiger partial charge in [-0.15, -0.1) is 0 Å². The molecule has 0 aromatic carbocycles. The standard InChI is InChI=1S/C15H21N3O3/c1-4-21-12(19)8-18(11-5-6-11)15-13(14(16)20)9(2)7-10(3)17-15/h7,11H,4-6,8H2,1-3H3,(H2,16,20). The van der Waals surface area contributed by atoms with Crippen LogP contribution < -0.4 is 10.6 Å². The number of anilines is 1. The first kappa shape index (κ1) is 15.3. The number of primary amides is 1. The highest BCUT2D eigenvalue weighted by molar-refractivity contribution is 5.99. The molecule has 1 saturated carbocycles. The maximum absolute atomic E-state index is 11.8. The fourth-order valence-corrected chi connectivity index (χ4v) is 2.44. The van der Waals surface area contributed by atoms with Crippen LogP contribution in [0.2, 0.25) is 0 Å². The summed E-state index contributed by atoms with van der Waals surface area (Å²) in [6.45, 7) is 5.88. The highest BCUT2D eigenvalue weighted by atomic mass is 16.5. The summed E-state index contributed by atoms with van der Waals surface area (Å²) >= 11 is 0. The smallest absolute Gasteiger partial charge is 0.325 e. The van der Waals surface area contributed by atoms with Crippen LogP contribution >= 0.6 is 0 Å². The van der Waals surface area contributed by atoms with Crippen molar-refractivity contribution in [1.29, 1.82) is 0 Å². The van der Waals surface area contributed by atoms with Crippen LogP contribution in [0.3, 0.4) is 0 Å². The molecule has 6 nitrogen and oxygen atoms in total. The number of hydrogen-bond donors (Lipinski definition) is 1. The topological polar surface area (TPSA) is 85.5 Å². The van der Waals surface area contributed by atoms with Crippen molar-refractivity contribution < 1.29 is 14.3 Å². The maximum atomic E-state index is 11.8. The molecule has 0 atom stereocenters. The van der Waals surface area contributed by atoms with Crippen LogP contribution in [0.25, 0.3) is 0 Å². The van der Waals surface area contributed by atoms with Crippen LogP contribution in [0, 0.1) is 13.8 Å². The Labute approximate surface area is 124 Å². The van der Waals surface area contributed by atoms with Crippen molar-refractivity contribution >= 4 is 17.7 Å². The fraction of sp³-hybridized carbons (Fsp3) is 0.533. The lowest BCUT2D eigenvalue weighted by molar-refractivity contribution is -0.141. The van der Waals surface area contributed by atoms with Crippen LogP contribution in [-0.2, 0) is 9.53 Å². The third-order valence-electron chi connectivity index (χ3n) is 3.44. The summed E-state index contributed by atoms with van der Waals surface area (Å²) in [6.07, 6.45) is 1.96. The minimum Gasteiger partial charge on any atom is -0.465 e. The van der Waals surface area contributed by atoms with E-state index in [0.717, 1.165) is 24.1 Å². The van der Waals surface area contributed by atoms with Crippen LogP contribution in [0.4, 0.5) is 5.82 Å². The lowest BCUT2D eigenvalue weighted by atomic mass is 10.1. The number of nitrogens with two attached hydrogens (primary N) is 1. The molecule has 1 aliphatic rings. The van der Waals surface area contributed by atoms with Crippen LogP contribution in [-0.4, -0.2) is 36.1 Å². The molecule has 1 heterocycles. The number of pyridine rings is 1. The first-order valence-corrected chi connectivity index (χ1v) is 7.14. The number of rotatable bonds is 6. The van der Waals surface area contributed by atoms with Gasteiger partial charge in [0.1, 0.15) is 12.4 Å². The predicted molar refractivity (Wildman–Crippen MR) is 79.2 cm³/mol. The number of aromatic nitrogens is 1. The molecule has 1 amide bonds. The van der Waals surface area contributed by atoms with Crippen molar-refractivity contribution in [3.05, 3.63) is 22.9 Å². The molecule has 0 saturated heterocycles. The quantitative estimate of drug-likeness (QED) is 0.799. The Balaban J connectivity index is 2.40. The average Bonchev–Trinajstić information content (AvgIpc) is 3.18. The highest BCUT2D eigenvalue weighted by Gasteiger charge is 2.34. The monoisotopic (exact) mass is 291 g/mol. The molecule has 21 heavy (non-hydrogen) atoms. The summed E-state index contributed by atoms with van der Waals surface area (Å²) in [4.78, 5) is 29.8. The third-order valence-corrected chi connectivity index (χ3v) is 3.44. The number of nitrogens with zero attached hydrogens (tertiary/aromatic N) is 2. The van der Waals surface area contributed by atoms with E-state index in [1.54, 1.807) is 6.92 Å². The van der Waals surface area contributed by atoms with Crippen LogP contribution in [0.1, 0.15) is 41.4 Å². The van der Waals surface area contributed by atoms with Gasteiger partial charge in [-0.25, -0.2) is 4.98 Å². The number of amides is 1. The number of aryl methyl sites for hydroxylation is 2. The molecule has 0 radical (unpaired) electrons. The summed E-state index contributed by atoms with van der Waals surface area (Å²) in [5.41, 5.74) is 7.45. The van der Waals surface area contributed by atoms with Crippen molar-refractivity contribution in [2.24, 2.45) is 5.73 Å². The van der Waals surface area contributed by atoms with Crippen LogP contribution in [0.15, 0.2) is 6.07 Å². The van der Waals surface area contributed by atoms with E-state index >= 15 is 0 Å². The van der Waals surface area contributed by atoms with Gasteiger partial charge >= 0.3 is 5.97 Å². The van der Waals surface area contributed by atoms with Gasteiger partial charge in [0.15, 0.2) is 0 Å². The molecule has 0 spiro atoms. The first-order chi connectivity index (χ1) is 9.93. The number of hydrogen-bond acceptors (Lipinski definition) is 5. The summed E-state index contributed by atoms with van der Waals surface area (Å²) < 4.78 is 5.01. The van der Waals surface area contributed by atoms with Gasteiger partial charge in [-0.1, -0.05) is 0 Å². The molecular weight excluding hydrogens is 270 g/mol. The van der Waals surface area contributed by atoms with Gasteiger partial charge in [-0.3, -0.25) is 9.59 Å². The zero-order valence-electron chi connectivity index (χ0n) is 12.7. The Morgan fingerprint density at radius 2 is 2.10 bits per heavy atom. The van der Waals surface area contributed by atoms with Gasteiger partial charge in [0.05, 0.1) is 12.2 Å². The largest absolute Gasteiger partial charge is 0.465 e. The fourth-order valence-electron chi connectivity index (χ4n) is 2.44. The van der Waals surface area contributed by atoms with Gasteiger partial charge in [0.25, 0.3) is 5.91 Å². The molecule has 1 fully saturated rings. The molecule has 0 unspecified atom stereocenters. The van der Waals surface area contributed by atoms with Crippen molar-refractivity contribution in [3.63, 3.8) is 0 Å². The predicted octanol–water partition coefficient (Wildman–Crippen LogP) is 1.33. The van der Waals surface area contributed by atoms with Crippen molar-refractivity contribution in [2.45, 2.75) is 39.7 Å². The van der Waals surface area contributed by atoms with E-state index in [0.29, 0.717) is 18.0 Å². The summed E-state index contributed by atoms with van der Waals surface area (Å²) in [6, 6.07) is 2.04. The SMILES string of the molecule is CCOC(=O)CN(c1nc(C)cc(C)c1C(N)=O)C1CC1. The minimum absolute atomic E-state index is 0.0919. The number of carbonyl (C=O) groups excluding carboxylic acids is 2. The molecule has 1 aromatic rings. The zero-order chi connectivity index (χ0) is 15.6. The van der Waals surface area contributed by atoms with E-state index in [1.165, 1.54) is 0 Å². The summed E-state index contributed by atoms with van der Waals surface area (Å²) in [5, 5.41) is 0. The molecular formula is C15H21N3O3. The normalized spacial score (nSPS) is 13.9. The molecule has 0 aliphatic heterocycles. The number of carbonyl (C=O) groups is 2. The second-order valence-electron chi connectivity index (χ2n) is 5.31. The lowest BCUT2D eigenvalue weighted by Gasteiger charge is -2.25. The van der Waals surface area contributed by atoms with E-state index in [-0.39, 0.29) is 18.6 Å². The zero-order valence-corrected chi connectivity index (χ0v) is 12.7. The molecule has 6 heteroatoms. The van der Waals surface area contributed by atoms with Crippen LogP contribution in [0.5, 0.6) is 0 Å². The Morgan fingerprint density at radius 1 is 1.43 bits per heavy atom. The minimum atomic E-state index is -0.524. The summed E-state index contributed by atoms with van der Waals surface area (Å²) in [5.74, 6) is -0.346. The second kappa shape index (κ2) is 6.11. The molecule has 114 valence electrons. The van der Waals surface area contributed by atoms with Gasteiger partial charge in [-0.05, 0) is 45.2 Å². The highest BCUT2D eigenvalue weighted by Crippen LogP contribution is 2.33. The molecule has 2 N–H and O–H groups in total. The van der Waals surface area contributed by atoms with Crippen molar-refractivity contribution in [3.8, 4) is 0 Å². The Hall–Kier alpha value is -2.11. The molecule has 1 aromatic heterocycles.